The van der Waals surface area contributed by atoms with Gasteiger partial charge in [0.1, 0.15) is 5.75 Å². The topological polar surface area (TPSA) is 64.3 Å². The molecule has 2 aromatic rings. The first-order chi connectivity index (χ1) is 10.4. The molecule has 0 aliphatic carbocycles. The molecule has 0 saturated carbocycles. The number of carbonyl (C=O) groups excluding carboxylic acids is 1. The highest BCUT2D eigenvalue weighted by Gasteiger charge is 2.09. The van der Waals surface area contributed by atoms with Crippen LogP contribution in [0.1, 0.15) is 22.3 Å². The molecular weight excluding hydrogens is 276 g/mol. The first-order valence-electron chi connectivity index (χ1n) is 7.23. The first kappa shape index (κ1) is 15.9. The normalized spacial score (nSPS) is 10.4. The third kappa shape index (κ3) is 3.79. The van der Waals surface area contributed by atoms with Crippen molar-refractivity contribution in [3.05, 3.63) is 52.6 Å². The van der Waals surface area contributed by atoms with Gasteiger partial charge in [0.2, 0.25) is 0 Å². The number of anilines is 2. The van der Waals surface area contributed by atoms with Gasteiger partial charge in [-0.15, -0.1) is 0 Å². The summed E-state index contributed by atoms with van der Waals surface area (Å²) in [5.74, 6) is 0.512. The Labute approximate surface area is 131 Å². The minimum absolute atomic E-state index is 0.0221. The molecule has 22 heavy (non-hydrogen) atoms. The van der Waals surface area contributed by atoms with Crippen molar-refractivity contribution in [1.82, 2.24) is 0 Å². The summed E-state index contributed by atoms with van der Waals surface area (Å²) in [5.41, 5.74) is 11.5. The second kappa shape index (κ2) is 6.52. The average Bonchev–Trinajstić information content (AvgIpc) is 2.44. The molecule has 2 rings (SSSR count). The summed E-state index contributed by atoms with van der Waals surface area (Å²) in [5, 5.41) is 2.88. The van der Waals surface area contributed by atoms with Crippen molar-refractivity contribution < 1.29 is 9.53 Å². The maximum absolute atomic E-state index is 12.1. The SMILES string of the molecule is Cc1ccc(OCC(=O)Nc2c(C)cc(N)cc2C)cc1C. The zero-order valence-electron chi connectivity index (χ0n) is 13.5. The van der Waals surface area contributed by atoms with E-state index >= 15 is 0 Å². The molecule has 0 atom stereocenters. The van der Waals surface area contributed by atoms with Crippen LogP contribution in [0.2, 0.25) is 0 Å². The Balaban J connectivity index is 2.00. The number of hydrogen-bond acceptors (Lipinski definition) is 3. The lowest BCUT2D eigenvalue weighted by molar-refractivity contribution is -0.118. The van der Waals surface area contributed by atoms with Crippen LogP contribution >= 0.6 is 0 Å². The van der Waals surface area contributed by atoms with Crippen molar-refractivity contribution in [2.45, 2.75) is 27.7 Å². The molecule has 0 bridgehead atoms. The van der Waals surface area contributed by atoms with Crippen molar-refractivity contribution in [3.63, 3.8) is 0 Å². The lowest BCUT2D eigenvalue weighted by atomic mass is 10.1. The van der Waals surface area contributed by atoms with Gasteiger partial charge in [-0.05, 0) is 74.2 Å². The predicted molar refractivity (Wildman–Crippen MR) is 90.4 cm³/mol. The molecule has 2 aromatic carbocycles. The van der Waals surface area contributed by atoms with Gasteiger partial charge in [-0.3, -0.25) is 4.79 Å². The highest BCUT2D eigenvalue weighted by molar-refractivity contribution is 5.93. The Morgan fingerprint density at radius 3 is 2.23 bits per heavy atom. The van der Waals surface area contributed by atoms with Gasteiger partial charge < -0.3 is 15.8 Å². The van der Waals surface area contributed by atoms with Crippen LogP contribution in [0.5, 0.6) is 5.75 Å². The van der Waals surface area contributed by atoms with Gasteiger partial charge >= 0.3 is 0 Å². The number of ether oxygens (including phenoxy) is 1. The second-order valence-electron chi connectivity index (χ2n) is 5.61. The van der Waals surface area contributed by atoms with E-state index in [1.165, 1.54) is 5.56 Å². The number of nitrogen functional groups attached to an aromatic ring is 1. The second-order valence-corrected chi connectivity index (χ2v) is 5.61. The lowest BCUT2D eigenvalue weighted by Crippen LogP contribution is -2.21. The Morgan fingerprint density at radius 2 is 1.64 bits per heavy atom. The number of benzene rings is 2. The lowest BCUT2D eigenvalue weighted by Gasteiger charge is -2.13. The largest absolute Gasteiger partial charge is 0.484 e. The molecule has 0 spiro atoms. The number of aryl methyl sites for hydroxylation is 4. The molecule has 0 heterocycles. The highest BCUT2D eigenvalue weighted by atomic mass is 16.5. The van der Waals surface area contributed by atoms with Crippen molar-refractivity contribution in [3.8, 4) is 5.75 Å². The first-order valence-corrected chi connectivity index (χ1v) is 7.23. The maximum atomic E-state index is 12.1. The van der Waals surface area contributed by atoms with Crippen LogP contribution < -0.4 is 15.8 Å². The minimum Gasteiger partial charge on any atom is -0.484 e. The van der Waals surface area contributed by atoms with E-state index in [9.17, 15) is 4.79 Å². The summed E-state index contributed by atoms with van der Waals surface area (Å²) < 4.78 is 5.54. The Kier molecular flexibility index (Phi) is 4.71. The van der Waals surface area contributed by atoms with E-state index in [0.717, 1.165) is 22.4 Å². The monoisotopic (exact) mass is 298 g/mol. The Bertz CT molecular complexity index is 685. The van der Waals surface area contributed by atoms with E-state index in [1.807, 2.05) is 58.0 Å². The molecule has 1 amide bonds. The Morgan fingerprint density at radius 1 is 1.00 bits per heavy atom. The van der Waals surface area contributed by atoms with E-state index < -0.39 is 0 Å². The van der Waals surface area contributed by atoms with Crippen molar-refractivity contribution in [2.24, 2.45) is 0 Å². The van der Waals surface area contributed by atoms with Crippen molar-refractivity contribution in [2.75, 3.05) is 17.7 Å². The average molecular weight is 298 g/mol. The van der Waals surface area contributed by atoms with Crippen LogP contribution in [0.3, 0.4) is 0 Å². The number of rotatable bonds is 4. The summed E-state index contributed by atoms with van der Waals surface area (Å²) in [6, 6.07) is 9.47. The van der Waals surface area contributed by atoms with E-state index in [0.29, 0.717) is 11.4 Å². The van der Waals surface area contributed by atoms with Gasteiger partial charge in [0.25, 0.3) is 5.91 Å². The fourth-order valence-electron chi connectivity index (χ4n) is 2.32. The number of carbonyl (C=O) groups is 1. The quantitative estimate of drug-likeness (QED) is 0.849. The molecule has 116 valence electrons. The fourth-order valence-corrected chi connectivity index (χ4v) is 2.32. The van der Waals surface area contributed by atoms with Gasteiger partial charge in [-0.1, -0.05) is 6.07 Å². The molecule has 0 saturated heterocycles. The standard InChI is InChI=1S/C18H22N2O2/c1-11-5-6-16(9-12(11)2)22-10-17(21)20-18-13(3)7-15(19)8-14(18)4/h5-9H,10,19H2,1-4H3,(H,20,21). The van der Waals surface area contributed by atoms with Crippen LogP contribution in [0.4, 0.5) is 11.4 Å². The van der Waals surface area contributed by atoms with Gasteiger partial charge in [0.15, 0.2) is 6.61 Å². The van der Waals surface area contributed by atoms with Crippen LogP contribution in [0.25, 0.3) is 0 Å². The van der Waals surface area contributed by atoms with Gasteiger partial charge in [-0.25, -0.2) is 0 Å². The third-order valence-corrected chi connectivity index (χ3v) is 3.67. The van der Waals surface area contributed by atoms with E-state index in [-0.39, 0.29) is 12.5 Å². The summed E-state index contributed by atoms with van der Waals surface area (Å²) in [7, 11) is 0. The van der Waals surface area contributed by atoms with Crippen LogP contribution in [0.15, 0.2) is 30.3 Å². The maximum Gasteiger partial charge on any atom is 0.262 e. The molecule has 4 heteroatoms. The summed E-state index contributed by atoms with van der Waals surface area (Å²) in [6.07, 6.45) is 0. The summed E-state index contributed by atoms with van der Waals surface area (Å²) in [4.78, 5) is 12.1. The minimum atomic E-state index is -0.186. The third-order valence-electron chi connectivity index (χ3n) is 3.67. The van der Waals surface area contributed by atoms with Crippen LogP contribution in [-0.4, -0.2) is 12.5 Å². The molecule has 0 fully saturated rings. The predicted octanol–water partition coefficient (Wildman–Crippen LogP) is 3.52. The van der Waals surface area contributed by atoms with Crippen molar-refractivity contribution in [1.29, 1.82) is 0 Å². The van der Waals surface area contributed by atoms with Gasteiger partial charge in [0.05, 0.1) is 0 Å². The molecule has 0 radical (unpaired) electrons. The van der Waals surface area contributed by atoms with E-state index in [4.69, 9.17) is 10.5 Å². The number of nitrogens with one attached hydrogen (secondary N) is 1. The zero-order chi connectivity index (χ0) is 16.3. The van der Waals surface area contributed by atoms with Crippen LogP contribution in [-0.2, 0) is 4.79 Å². The zero-order valence-corrected chi connectivity index (χ0v) is 13.5. The smallest absolute Gasteiger partial charge is 0.262 e. The van der Waals surface area contributed by atoms with Crippen molar-refractivity contribution >= 4 is 17.3 Å². The van der Waals surface area contributed by atoms with Crippen LogP contribution in [0, 0.1) is 27.7 Å². The van der Waals surface area contributed by atoms with Gasteiger partial charge in [0, 0.05) is 11.4 Å². The molecule has 0 aliphatic heterocycles. The summed E-state index contributed by atoms with van der Waals surface area (Å²) in [6.45, 7) is 7.87. The molecule has 0 unspecified atom stereocenters. The Hall–Kier alpha value is -2.49. The summed E-state index contributed by atoms with van der Waals surface area (Å²) >= 11 is 0. The molecule has 0 aliphatic rings. The molecule has 3 N–H and O–H groups in total. The highest BCUT2D eigenvalue weighted by Crippen LogP contribution is 2.23. The molecule has 4 nitrogen and oxygen atoms in total. The van der Waals surface area contributed by atoms with E-state index in [2.05, 4.69) is 5.32 Å². The number of amides is 1. The number of hydrogen-bond donors (Lipinski definition) is 2. The molecular formula is C18H22N2O2. The molecule has 0 aromatic heterocycles. The van der Waals surface area contributed by atoms with E-state index in [1.54, 1.807) is 0 Å². The fraction of sp³-hybridized carbons (Fsp3) is 0.278. The van der Waals surface area contributed by atoms with Gasteiger partial charge in [-0.2, -0.15) is 0 Å². The number of nitrogens with two attached hydrogens (primary N) is 1.